The van der Waals surface area contributed by atoms with Crippen LogP contribution in [0.3, 0.4) is 0 Å². The van der Waals surface area contributed by atoms with Gasteiger partial charge in [-0.1, -0.05) is 0 Å². The molecule has 2 heterocycles. The van der Waals surface area contributed by atoms with Gasteiger partial charge in [-0.15, -0.1) is 0 Å². The van der Waals surface area contributed by atoms with Crippen molar-refractivity contribution in [1.29, 1.82) is 0 Å². The van der Waals surface area contributed by atoms with Gasteiger partial charge >= 0.3 is 0 Å². The number of benzene rings is 1. The molecule has 1 amide bonds. The minimum absolute atomic E-state index is 0.131. The number of fused-ring (bicyclic) bond motifs is 1. The minimum atomic E-state index is -3.24. The van der Waals surface area contributed by atoms with Gasteiger partial charge in [-0.3, -0.25) is 9.78 Å². The first-order valence-corrected chi connectivity index (χ1v) is 9.95. The summed E-state index contributed by atoms with van der Waals surface area (Å²) < 4.78 is 38.5. The van der Waals surface area contributed by atoms with E-state index in [1.807, 2.05) is 0 Å². The maximum atomic E-state index is 13.3. The van der Waals surface area contributed by atoms with E-state index in [1.165, 1.54) is 12.1 Å². The van der Waals surface area contributed by atoms with E-state index < -0.39 is 10.0 Å². The van der Waals surface area contributed by atoms with Gasteiger partial charge in [-0.25, -0.2) is 17.5 Å². The predicted molar refractivity (Wildman–Crippen MR) is 93.3 cm³/mol. The smallest absolute Gasteiger partial charge is 0.255 e. The number of piperidine rings is 1. The van der Waals surface area contributed by atoms with Crippen LogP contribution in [0, 0.1) is 12.7 Å². The van der Waals surface area contributed by atoms with E-state index >= 15 is 0 Å². The maximum absolute atomic E-state index is 13.3. The van der Waals surface area contributed by atoms with E-state index in [9.17, 15) is 17.6 Å². The Morgan fingerprint density at radius 1 is 1.28 bits per heavy atom. The van der Waals surface area contributed by atoms with Crippen LogP contribution in [0.2, 0.25) is 0 Å². The molecule has 0 bridgehead atoms. The molecule has 1 fully saturated rings. The van der Waals surface area contributed by atoms with Crippen molar-refractivity contribution in [3.63, 3.8) is 0 Å². The van der Waals surface area contributed by atoms with Gasteiger partial charge < -0.3 is 4.90 Å². The minimum Gasteiger partial charge on any atom is -0.338 e. The molecule has 0 radical (unpaired) electrons. The van der Waals surface area contributed by atoms with Crippen molar-refractivity contribution in [3.8, 4) is 0 Å². The molecule has 6 nitrogen and oxygen atoms in total. The molecule has 1 aromatic heterocycles. The molecule has 1 aromatic carbocycles. The summed E-state index contributed by atoms with van der Waals surface area (Å²) in [5.74, 6) is -0.493. The van der Waals surface area contributed by atoms with Crippen molar-refractivity contribution >= 4 is 26.8 Å². The number of carbonyl (C=O) groups excluding carboxylic acids is 1. The molecule has 8 heteroatoms. The van der Waals surface area contributed by atoms with Crippen molar-refractivity contribution in [2.24, 2.45) is 0 Å². The van der Waals surface area contributed by atoms with Crippen LogP contribution >= 0.6 is 0 Å². The van der Waals surface area contributed by atoms with Gasteiger partial charge in [0.25, 0.3) is 5.91 Å². The molecule has 1 N–H and O–H groups in total. The molecule has 134 valence electrons. The second-order valence-electron chi connectivity index (χ2n) is 6.41. The zero-order chi connectivity index (χ0) is 18.2. The van der Waals surface area contributed by atoms with E-state index in [-0.39, 0.29) is 17.8 Å². The Kier molecular flexibility index (Phi) is 4.75. The number of aryl methyl sites for hydroxylation is 1. The highest BCUT2D eigenvalue weighted by Crippen LogP contribution is 2.21. The summed E-state index contributed by atoms with van der Waals surface area (Å²) in [5.41, 5.74) is 1.57. The molecular weight excluding hydrogens is 345 g/mol. The number of aromatic nitrogens is 1. The highest BCUT2D eigenvalue weighted by Gasteiger charge is 2.26. The number of nitrogens with zero attached hydrogens (tertiary/aromatic N) is 2. The number of halogens is 1. The standard InChI is InChI=1S/C17H20FN3O3S/c1-11-15(9-12-3-4-13(18)10-16(12)19-11)17(22)21-7-5-14(6-8-21)20-25(2,23)24/h3-4,9-10,14,20H,5-8H2,1-2H3. The SMILES string of the molecule is Cc1nc2cc(F)ccc2cc1C(=O)N1CCC(NS(C)(=O)=O)CC1. The quantitative estimate of drug-likeness (QED) is 0.900. The Morgan fingerprint density at radius 2 is 1.96 bits per heavy atom. The van der Waals surface area contributed by atoms with Gasteiger partial charge in [0, 0.05) is 30.6 Å². The number of nitrogens with one attached hydrogen (secondary N) is 1. The average Bonchev–Trinajstić information content (AvgIpc) is 2.52. The first-order chi connectivity index (χ1) is 11.7. The first kappa shape index (κ1) is 17.8. The number of hydrogen-bond acceptors (Lipinski definition) is 4. The number of rotatable bonds is 3. The fourth-order valence-electron chi connectivity index (χ4n) is 3.13. The number of hydrogen-bond donors (Lipinski definition) is 1. The summed E-state index contributed by atoms with van der Waals surface area (Å²) in [4.78, 5) is 18.8. The van der Waals surface area contributed by atoms with Crippen LogP contribution in [0.15, 0.2) is 24.3 Å². The predicted octanol–water partition coefficient (Wildman–Crippen LogP) is 1.84. The third-order valence-electron chi connectivity index (χ3n) is 4.36. The van der Waals surface area contributed by atoms with E-state index in [0.717, 1.165) is 6.26 Å². The van der Waals surface area contributed by atoms with E-state index in [0.29, 0.717) is 48.1 Å². The van der Waals surface area contributed by atoms with Gasteiger partial charge in [0.1, 0.15) is 5.82 Å². The first-order valence-electron chi connectivity index (χ1n) is 8.06. The normalized spacial score (nSPS) is 16.4. The van der Waals surface area contributed by atoms with Crippen molar-refractivity contribution in [2.45, 2.75) is 25.8 Å². The zero-order valence-electron chi connectivity index (χ0n) is 14.1. The topological polar surface area (TPSA) is 79.4 Å². The second kappa shape index (κ2) is 6.68. The Morgan fingerprint density at radius 3 is 2.60 bits per heavy atom. The Labute approximate surface area is 146 Å². The number of carbonyl (C=O) groups is 1. The summed E-state index contributed by atoms with van der Waals surface area (Å²) >= 11 is 0. The van der Waals surface area contributed by atoms with Gasteiger partial charge in [-0.2, -0.15) is 0 Å². The summed E-state index contributed by atoms with van der Waals surface area (Å²) in [6, 6.07) is 5.89. The summed E-state index contributed by atoms with van der Waals surface area (Å²) in [5, 5.41) is 0.712. The van der Waals surface area contributed by atoms with Crippen molar-refractivity contribution in [1.82, 2.24) is 14.6 Å². The fourth-order valence-corrected chi connectivity index (χ4v) is 3.97. The third kappa shape index (κ3) is 4.13. The molecule has 0 aliphatic carbocycles. The van der Waals surface area contributed by atoms with Crippen LogP contribution in [0.4, 0.5) is 4.39 Å². The number of pyridine rings is 1. The lowest BCUT2D eigenvalue weighted by Crippen LogP contribution is -2.46. The lowest BCUT2D eigenvalue weighted by molar-refractivity contribution is 0.0710. The van der Waals surface area contributed by atoms with Crippen LogP contribution in [0.25, 0.3) is 10.9 Å². The largest absolute Gasteiger partial charge is 0.338 e. The number of likely N-dealkylation sites (tertiary alicyclic amines) is 1. The van der Waals surface area contributed by atoms with Crippen molar-refractivity contribution < 1.29 is 17.6 Å². The molecule has 0 unspecified atom stereocenters. The van der Waals surface area contributed by atoms with Crippen LogP contribution in [-0.4, -0.2) is 49.6 Å². The monoisotopic (exact) mass is 365 g/mol. The van der Waals surface area contributed by atoms with Gasteiger partial charge in [0.15, 0.2) is 0 Å². The summed E-state index contributed by atoms with van der Waals surface area (Å²) in [7, 11) is -3.24. The molecule has 0 spiro atoms. The maximum Gasteiger partial charge on any atom is 0.255 e. The van der Waals surface area contributed by atoms with Crippen molar-refractivity contribution in [3.05, 3.63) is 41.3 Å². The third-order valence-corrected chi connectivity index (χ3v) is 5.13. The lowest BCUT2D eigenvalue weighted by atomic mass is 10.0. The van der Waals surface area contributed by atoms with Gasteiger partial charge in [-0.05, 0) is 38.0 Å². The molecule has 1 aliphatic rings. The fraction of sp³-hybridized carbons (Fsp3) is 0.412. The lowest BCUT2D eigenvalue weighted by Gasteiger charge is -2.32. The second-order valence-corrected chi connectivity index (χ2v) is 8.19. The van der Waals surface area contributed by atoms with Crippen LogP contribution < -0.4 is 4.72 Å². The Bertz CT molecular complexity index is 922. The van der Waals surface area contributed by atoms with E-state index in [2.05, 4.69) is 9.71 Å². The zero-order valence-corrected chi connectivity index (χ0v) is 14.9. The Balaban J connectivity index is 1.77. The molecule has 0 atom stereocenters. The van der Waals surface area contributed by atoms with Crippen molar-refractivity contribution in [2.75, 3.05) is 19.3 Å². The number of amides is 1. The van der Waals surface area contributed by atoms with E-state index in [1.54, 1.807) is 24.0 Å². The van der Waals surface area contributed by atoms with Gasteiger partial charge in [0.05, 0.1) is 23.0 Å². The Hall–Kier alpha value is -2.06. The highest BCUT2D eigenvalue weighted by atomic mass is 32.2. The van der Waals surface area contributed by atoms with Gasteiger partial charge in [0.2, 0.25) is 10.0 Å². The molecule has 0 saturated carbocycles. The molecular formula is C17H20FN3O3S. The van der Waals surface area contributed by atoms with Crippen LogP contribution in [0.1, 0.15) is 28.9 Å². The van der Waals surface area contributed by atoms with Crippen LogP contribution in [-0.2, 0) is 10.0 Å². The molecule has 1 aliphatic heterocycles. The van der Waals surface area contributed by atoms with Crippen LogP contribution in [0.5, 0.6) is 0 Å². The highest BCUT2D eigenvalue weighted by molar-refractivity contribution is 7.88. The summed E-state index contributed by atoms with van der Waals surface area (Å²) in [6.07, 6.45) is 2.28. The summed E-state index contributed by atoms with van der Waals surface area (Å²) in [6.45, 7) is 2.69. The van der Waals surface area contributed by atoms with E-state index in [4.69, 9.17) is 0 Å². The molecule has 3 rings (SSSR count). The average molecular weight is 365 g/mol. The molecule has 25 heavy (non-hydrogen) atoms. The molecule has 1 saturated heterocycles. The number of sulfonamides is 1. The molecule has 2 aromatic rings.